The number of hydrogen-bond donors (Lipinski definition) is 1. The zero-order chi connectivity index (χ0) is 16.1. The molecule has 5 heteroatoms. The fourth-order valence-corrected chi connectivity index (χ4v) is 4.55. The quantitative estimate of drug-likeness (QED) is 0.875. The maximum absolute atomic E-state index is 12.2. The molecule has 0 aromatic carbocycles. The number of aromatic nitrogens is 2. The molecule has 1 amide bonds. The predicted molar refractivity (Wildman–Crippen MR) is 93.3 cm³/mol. The zero-order valence-corrected chi connectivity index (χ0v) is 15.1. The maximum atomic E-state index is 12.2. The van der Waals surface area contributed by atoms with Crippen LogP contribution in [-0.2, 0) is 18.3 Å². The van der Waals surface area contributed by atoms with E-state index in [0.717, 1.165) is 30.2 Å². The van der Waals surface area contributed by atoms with Gasteiger partial charge in [-0.25, -0.2) is 0 Å². The Bertz CT molecular complexity index is 510. The van der Waals surface area contributed by atoms with Crippen molar-refractivity contribution in [2.45, 2.75) is 70.6 Å². The molecule has 0 radical (unpaired) electrons. The molecule has 1 N–H and O–H groups in total. The largest absolute Gasteiger partial charge is 0.353 e. The molecule has 2 rings (SSSR count). The molecule has 2 atom stereocenters. The van der Waals surface area contributed by atoms with E-state index in [2.05, 4.69) is 24.3 Å². The Kier molecular flexibility index (Phi) is 6.36. The summed E-state index contributed by atoms with van der Waals surface area (Å²) in [5.41, 5.74) is 3.44. The van der Waals surface area contributed by atoms with Gasteiger partial charge in [0.1, 0.15) is 0 Å². The highest BCUT2D eigenvalue weighted by Gasteiger charge is 2.23. The summed E-state index contributed by atoms with van der Waals surface area (Å²) in [5, 5.41) is 8.39. The molecule has 2 unspecified atom stereocenters. The van der Waals surface area contributed by atoms with Crippen molar-refractivity contribution in [2.75, 3.05) is 5.75 Å². The first-order valence-electron chi connectivity index (χ1n) is 8.41. The Morgan fingerprint density at radius 1 is 1.41 bits per heavy atom. The molecular formula is C17H29N3OS. The van der Waals surface area contributed by atoms with Crippen molar-refractivity contribution in [3.63, 3.8) is 0 Å². The van der Waals surface area contributed by atoms with Crippen molar-refractivity contribution < 1.29 is 4.79 Å². The van der Waals surface area contributed by atoms with Crippen LogP contribution in [0.4, 0.5) is 0 Å². The third kappa shape index (κ3) is 4.51. The summed E-state index contributed by atoms with van der Waals surface area (Å²) in [5.74, 6) is 1.36. The first-order valence-corrected chi connectivity index (χ1v) is 9.46. The first-order chi connectivity index (χ1) is 10.5. The molecule has 1 aliphatic carbocycles. The third-order valence-corrected chi connectivity index (χ3v) is 5.89. The van der Waals surface area contributed by atoms with Crippen molar-refractivity contribution in [3.05, 3.63) is 17.0 Å². The second kappa shape index (κ2) is 8.04. The number of amides is 1. The van der Waals surface area contributed by atoms with Crippen molar-refractivity contribution in [2.24, 2.45) is 7.05 Å². The molecule has 1 saturated carbocycles. The summed E-state index contributed by atoms with van der Waals surface area (Å²) < 4.78 is 1.90. The smallest absolute Gasteiger partial charge is 0.220 e. The van der Waals surface area contributed by atoms with E-state index >= 15 is 0 Å². The van der Waals surface area contributed by atoms with Crippen molar-refractivity contribution in [1.29, 1.82) is 0 Å². The number of rotatable bonds is 6. The summed E-state index contributed by atoms with van der Waals surface area (Å²) in [4.78, 5) is 12.2. The molecule has 4 nitrogen and oxygen atoms in total. The summed E-state index contributed by atoms with van der Waals surface area (Å²) >= 11 is 2.04. The summed E-state index contributed by atoms with van der Waals surface area (Å²) in [6.07, 6.45) is 6.17. The highest BCUT2D eigenvalue weighted by atomic mass is 32.2. The van der Waals surface area contributed by atoms with E-state index in [1.807, 2.05) is 30.4 Å². The van der Waals surface area contributed by atoms with E-state index in [0.29, 0.717) is 12.5 Å². The number of thioether (sulfide) groups is 1. The van der Waals surface area contributed by atoms with Gasteiger partial charge >= 0.3 is 0 Å². The summed E-state index contributed by atoms with van der Waals surface area (Å²) in [6, 6.07) is 0.376. The minimum absolute atomic E-state index is 0.190. The Balaban J connectivity index is 1.80. The molecule has 0 bridgehead atoms. The molecule has 1 heterocycles. The van der Waals surface area contributed by atoms with E-state index in [-0.39, 0.29) is 5.91 Å². The average Bonchev–Trinajstić information content (AvgIpc) is 2.71. The van der Waals surface area contributed by atoms with Gasteiger partial charge < -0.3 is 5.32 Å². The number of carbonyl (C=O) groups excluding carboxylic acids is 1. The van der Waals surface area contributed by atoms with Crippen LogP contribution in [-0.4, -0.2) is 32.7 Å². The average molecular weight is 324 g/mol. The van der Waals surface area contributed by atoms with Gasteiger partial charge in [0.25, 0.3) is 0 Å². The van der Waals surface area contributed by atoms with Gasteiger partial charge in [-0.2, -0.15) is 16.9 Å². The van der Waals surface area contributed by atoms with Crippen LogP contribution in [0.1, 0.15) is 56.0 Å². The topological polar surface area (TPSA) is 46.9 Å². The van der Waals surface area contributed by atoms with E-state index < -0.39 is 0 Å². The molecule has 124 valence electrons. The Morgan fingerprint density at radius 2 is 2.18 bits per heavy atom. The number of hydrogen-bond acceptors (Lipinski definition) is 3. The molecule has 0 saturated heterocycles. The monoisotopic (exact) mass is 323 g/mol. The molecule has 1 fully saturated rings. The summed E-state index contributed by atoms with van der Waals surface area (Å²) in [7, 11) is 1.96. The number of nitrogens with zero attached hydrogens (tertiary/aromatic N) is 2. The van der Waals surface area contributed by atoms with Gasteiger partial charge in [0.05, 0.1) is 5.69 Å². The summed E-state index contributed by atoms with van der Waals surface area (Å²) in [6.45, 7) is 6.31. The fourth-order valence-electron chi connectivity index (χ4n) is 3.38. The lowest BCUT2D eigenvalue weighted by atomic mass is 9.94. The minimum atomic E-state index is 0.190. The Hall–Kier alpha value is -0.970. The van der Waals surface area contributed by atoms with Crippen LogP contribution in [0.3, 0.4) is 0 Å². The van der Waals surface area contributed by atoms with Gasteiger partial charge in [-0.3, -0.25) is 9.48 Å². The Labute approximate surface area is 138 Å². The zero-order valence-electron chi connectivity index (χ0n) is 14.3. The van der Waals surface area contributed by atoms with E-state index in [1.165, 1.54) is 29.9 Å². The van der Waals surface area contributed by atoms with Crippen LogP contribution in [0.25, 0.3) is 0 Å². The lowest BCUT2D eigenvalue weighted by Gasteiger charge is -2.29. The van der Waals surface area contributed by atoms with E-state index in [4.69, 9.17) is 0 Å². The van der Waals surface area contributed by atoms with Crippen LogP contribution in [0.5, 0.6) is 0 Å². The van der Waals surface area contributed by atoms with Crippen LogP contribution in [0.2, 0.25) is 0 Å². The second-order valence-corrected chi connectivity index (χ2v) is 7.86. The standard InChI is InChI=1S/C17H29N3OS/c1-5-22-15-8-6-7-14(11-15)18-17(21)10-9-16-12(2)19-20(4)13(16)3/h14-15H,5-11H2,1-4H3,(H,18,21). The van der Waals surface area contributed by atoms with Crippen LogP contribution < -0.4 is 5.32 Å². The normalized spacial score (nSPS) is 21.8. The van der Waals surface area contributed by atoms with Crippen molar-refractivity contribution in [3.8, 4) is 0 Å². The first kappa shape index (κ1) is 17.4. The highest BCUT2D eigenvalue weighted by Crippen LogP contribution is 2.28. The van der Waals surface area contributed by atoms with Gasteiger partial charge in [0.2, 0.25) is 5.91 Å². The molecule has 22 heavy (non-hydrogen) atoms. The molecule has 0 spiro atoms. The molecule has 1 aliphatic rings. The van der Waals surface area contributed by atoms with Crippen molar-refractivity contribution >= 4 is 17.7 Å². The van der Waals surface area contributed by atoms with Crippen LogP contribution in [0.15, 0.2) is 0 Å². The Morgan fingerprint density at radius 3 is 2.82 bits per heavy atom. The van der Waals surface area contributed by atoms with Gasteiger partial charge in [0, 0.05) is 30.5 Å². The third-order valence-electron chi connectivity index (χ3n) is 4.65. The lowest BCUT2D eigenvalue weighted by molar-refractivity contribution is -0.121. The number of nitrogens with one attached hydrogen (secondary N) is 1. The van der Waals surface area contributed by atoms with Gasteiger partial charge in [-0.05, 0) is 50.8 Å². The molecule has 0 aliphatic heterocycles. The van der Waals surface area contributed by atoms with Crippen LogP contribution >= 0.6 is 11.8 Å². The molecule has 1 aromatic heterocycles. The SMILES string of the molecule is CCSC1CCCC(NC(=O)CCc2c(C)nn(C)c2C)C1. The maximum Gasteiger partial charge on any atom is 0.220 e. The predicted octanol–water partition coefficient (Wildman–Crippen LogP) is 3.15. The van der Waals surface area contributed by atoms with Gasteiger partial charge in [-0.1, -0.05) is 13.3 Å². The van der Waals surface area contributed by atoms with Crippen molar-refractivity contribution in [1.82, 2.24) is 15.1 Å². The van der Waals surface area contributed by atoms with Gasteiger partial charge in [0.15, 0.2) is 0 Å². The molecule has 1 aromatic rings. The number of carbonyl (C=O) groups is 1. The lowest BCUT2D eigenvalue weighted by Crippen LogP contribution is -2.39. The minimum Gasteiger partial charge on any atom is -0.353 e. The fraction of sp³-hybridized carbons (Fsp3) is 0.765. The second-order valence-electron chi connectivity index (χ2n) is 6.28. The van der Waals surface area contributed by atoms with E-state index in [1.54, 1.807) is 0 Å². The highest BCUT2D eigenvalue weighted by molar-refractivity contribution is 7.99. The van der Waals surface area contributed by atoms with E-state index in [9.17, 15) is 4.79 Å². The number of aryl methyl sites for hydroxylation is 2. The van der Waals surface area contributed by atoms with Crippen LogP contribution in [0, 0.1) is 13.8 Å². The van der Waals surface area contributed by atoms with Gasteiger partial charge in [-0.15, -0.1) is 0 Å². The molecular weight excluding hydrogens is 294 g/mol.